The van der Waals surface area contributed by atoms with Crippen molar-refractivity contribution in [3.8, 4) is 11.5 Å². The molecule has 1 N–H and O–H groups in total. The van der Waals surface area contributed by atoms with Crippen LogP contribution in [-0.4, -0.2) is 5.91 Å². The van der Waals surface area contributed by atoms with E-state index < -0.39 is 0 Å². The zero-order valence-electron chi connectivity index (χ0n) is 19.8. The molecule has 3 heteroatoms. The van der Waals surface area contributed by atoms with E-state index in [-0.39, 0.29) is 5.91 Å². The molecule has 3 nitrogen and oxygen atoms in total. The topological polar surface area (TPSA) is 38.3 Å². The second-order valence-electron chi connectivity index (χ2n) is 7.29. The van der Waals surface area contributed by atoms with Crippen LogP contribution in [0.15, 0.2) is 135 Å². The van der Waals surface area contributed by atoms with Crippen LogP contribution >= 0.6 is 0 Å². The normalized spacial score (nSPS) is 9.24. The summed E-state index contributed by atoms with van der Waals surface area (Å²) in [5, 5.41) is 2.86. The van der Waals surface area contributed by atoms with Crippen molar-refractivity contribution in [2.24, 2.45) is 0 Å². The largest absolute Gasteiger partial charge is 0.457 e. The van der Waals surface area contributed by atoms with Crippen molar-refractivity contribution in [2.45, 2.75) is 13.8 Å². The average molecular weight is 450 g/mol. The van der Waals surface area contributed by atoms with Gasteiger partial charge in [-0.3, -0.25) is 4.79 Å². The maximum absolute atomic E-state index is 11.9. The second kappa shape index (κ2) is 14.6. The van der Waals surface area contributed by atoms with Gasteiger partial charge in [-0.15, -0.1) is 0 Å². The van der Waals surface area contributed by atoms with Gasteiger partial charge in [0.15, 0.2) is 0 Å². The Morgan fingerprint density at radius 2 is 1.18 bits per heavy atom. The van der Waals surface area contributed by atoms with Crippen molar-refractivity contribution < 1.29 is 9.53 Å². The van der Waals surface area contributed by atoms with Crippen LogP contribution in [0.3, 0.4) is 0 Å². The summed E-state index contributed by atoms with van der Waals surface area (Å²) in [4.78, 5) is 11.9. The zero-order chi connectivity index (χ0) is 24.6. The number of nitrogens with one attached hydrogen (secondary N) is 1. The summed E-state index contributed by atoms with van der Waals surface area (Å²) in [6.07, 6.45) is 3.28. The summed E-state index contributed by atoms with van der Waals surface area (Å²) in [7, 11) is 0. The minimum absolute atomic E-state index is 0.0655. The highest BCUT2D eigenvalue weighted by Crippen LogP contribution is 2.23. The molecule has 0 aromatic heterocycles. The number of ether oxygens (including phenoxy) is 1. The van der Waals surface area contributed by atoms with Crippen LogP contribution in [-0.2, 0) is 0 Å². The summed E-state index contributed by atoms with van der Waals surface area (Å²) >= 11 is 0. The molecule has 0 radical (unpaired) electrons. The van der Waals surface area contributed by atoms with E-state index in [0.29, 0.717) is 5.56 Å². The summed E-state index contributed by atoms with van der Waals surface area (Å²) in [6, 6.07) is 34.8. The number of amides is 1. The van der Waals surface area contributed by atoms with Crippen LogP contribution < -0.4 is 10.1 Å². The highest BCUT2D eigenvalue weighted by molar-refractivity contribution is 6.05. The van der Waals surface area contributed by atoms with Gasteiger partial charge in [0, 0.05) is 11.3 Å². The van der Waals surface area contributed by atoms with Crippen molar-refractivity contribution in [1.29, 1.82) is 0 Å². The van der Waals surface area contributed by atoms with Gasteiger partial charge < -0.3 is 10.1 Å². The molecule has 0 aliphatic heterocycles. The molecule has 4 aromatic rings. The van der Waals surface area contributed by atoms with E-state index in [0.717, 1.165) is 28.3 Å². The van der Waals surface area contributed by atoms with Crippen molar-refractivity contribution in [2.75, 3.05) is 5.32 Å². The Labute approximate surface area is 203 Å². The van der Waals surface area contributed by atoms with Crippen molar-refractivity contribution in [1.82, 2.24) is 0 Å². The van der Waals surface area contributed by atoms with E-state index in [2.05, 4.69) is 18.5 Å². The third kappa shape index (κ3) is 9.01. The lowest BCUT2D eigenvalue weighted by Crippen LogP contribution is -2.12. The van der Waals surface area contributed by atoms with Gasteiger partial charge in [0.05, 0.1) is 0 Å². The first-order chi connectivity index (χ1) is 16.5. The highest BCUT2D eigenvalue weighted by Gasteiger charge is 2.07. The fraction of sp³-hybridized carbons (Fsp3) is 0.0645. The highest BCUT2D eigenvalue weighted by atomic mass is 16.5. The second-order valence-corrected chi connectivity index (χ2v) is 7.29. The molecule has 0 heterocycles. The first-order valence-corrected chi connectivity index (χ1v) is 11.0. The van der Waals surface area contributed by atoms with E-state index in [9.17, 15) is 4.79 Å². The quantitative estimate of drug-likeness (QED) is 0.311. The third-order valence-corrected chi connectivity index (χ3v) is 4.65. The lowest BCUT2D eigenvalue weighted by Gasteiger charge is -2.07. The Morgan fingerprint density at radius 3 is 1.74 bits per heavy atom. The van der Waals surface area contributed by atoms with Crippen molar-refractivity contribution in [3.63, 3.8) is 0 Å². The standard InChI is InChI=1S/C14H13NO.C13H12O.C4H6/c1-11-7-5-6-10-13(11)14(16)15-12-8-3-2-4-9-12;1-11-7-5-6-10-13(11)14-12-8-3-2-4-9-12;1-3-4-2/h2-10H,1H3,(H,15,16);2-10H,1H3;3-4H,1-2H2. The predicted molar refractivity (Wildman–Crippen MR) is 144 cm³/mol. The smallest absolute Gasteiger partial charge is 0.255 e. The van der Waals surface area contributed by atoms with Gasteiger partial charge in [-0.25, -0.2) is 0 Å². The molecule has 0 spiro atoms. The molecule has 34 heavy (non-hydrogen) atoms. The summed E-state index contributed by atoms with van der Waals surface area (Å²) in [5.74, 6) is 1.73. The molecule has 172 valence electrons. The Morgan fingerprint density at radius 1 is 0.676 bits per heavy atom. The van der Waals surface area contributed by atoms with E-state index in [4.69, 9.17) is 4.74 Å². The maximum atomic E-state index is 11.9. The number of anilines is 1. The van der Waals surface area contributed by atoms with Gasteiger partial charge in [-0.2, -0.15) is 0 Å². The zero-order valence-corrected chi connectivity index (χ0v) is 19.8. The number of benzene rings is 4. The summed E-state index contributed by atoms with van der Waals surface area (Å²) in [6.45, 7) is 10.7. The van der Waals surface area contributed by atoms with Crippen LogP contribution in [0.5, 0.6) is 11.5 Å². The number of hydrogen-bond acceptors (Lipinski definition) is 2. The van der Waals surface area contributed by atoms with E-state index in [1.54, 1.807) is 12.2 Å². The van der Waals surface area contributed by atoms with Gasteiger partial charge in [0.25, 0.3) is 5.91 Å². The fourth-order valence-electron chi connectivity index (χ4n) is 2.83. The van der Waals surface area contributed by atoms with Crippen LogP contribution in [0.25, 0.3) is 0 Å². The molecule has 0 aliphatic carbocycles. The van der Waals surface area contributed by atoms with Crippen LogP contribution in [0.1, 0.15) is 21.5 Å². The lowest BCUT2D eigenvalue weighted by molar-refractivity contribution is 0.102. The van der Waals surface area contributed by atoms with Gasteiger partial charge in [0.1, 0.15) is 11.5 Å². The summed E-state index contributed by atoms with van der Waals surface area (Å²) in [5.41, 5.74) is 3.66. The summed E-state index contributed by atoms with van der Waals surface area (Å²) < 4.78 is 5.71. The SMILES string of the molecule is C=CC=C.Cc1ccccc1C(=O)Nc1ccccc1.Cc1ccccc1Oc1ccccc1. The number of allylic oxidation sites excluding steroid dienone is 2. The Bertz CT molecular complexity index is 1160. The molecule has 0 saturated heterocycles. The number of para-hydroxylation sites is 3. The van der Waals surface area contributed by atoms with Gasteiger partial charge in [-0.05, 0) is 61.4 Å². The van der Waals surface area contributed by atoms with Crippen molar-refractivity contribution >= 4 is 11.6 Å². The number of carbonyl (C=O) groups is 1. The molecule has 0 fully saturated rings. The lowest BCUT2D eigenvalue weighted by atomic mass is 10.1. The Kier molecular flexibility index (Phi) is 11.2. The predicted octanol–water partition coefficient (Wildman–Crippen LogP) is 8.39. The maximum Gasteiger partial charge on any atom is 0.255 e. The molecule has 1 amide bonds. The molecule has 4 rings (SSSR count). The van der Waals surface area contributed by atoms with Crippen molar-refractivity contribution in [3.05, 3.63) is 151 Å². The van der Waals surface area contributed by atoms with E-state index >= 15 is 0 Å². The van der Waals surface area contributed by atoms with Gasteiger partial charge >= 0.3 is 0 Å². The molecule has 0 aliphatic rings. The molecule has 0 unspecified atom stereocenters. The Balaban J connectivity index is 0.000000209. The minimum Gasteiger partial charge on any atom is -0.457 e. The first-order valence-electron chi connectivity index (χ1n) is 11.0. The molecule has 0 saturated carbocycles. The first kappa shape index (κ1) is 25.9. The van der Waals surface area contributed by atoms with Crippen LogP contribution in [0, 0.1) is 13.8 Å². The minimum atomic E-state index is -0.0655. The molecular weight excluding hydrogens is 418 g/mol. The number of hydrogen-bond donors (Lipinski definition) is 1. The molecule has 4 aromatic carbocycles. The van der Waals surface area contributed by atoms with Gasteiger partial charge in [0.2, 0.25) is 0 Å². The number of rotatable bonds is 5. The van der Waals surface area contributed by atoms with E-state index in [1.165, 1.54) is 0 Å². The molecule has 0 bridgehead atoms. The monoisotopic (exact) mass is 449 g/mol. The molecular formula is C31H31NO2. The van der Waals surface area contributed by atoms with Gasteiger partial charge in [-0.1, -0.05) is 98.1 Å². The van der Waals surface area contributed by atoms with E-state index in [1.807, 2.05) is 123 Å². The van der Waals surface area contributed by atoms with Crippen LogP contribution in [0.4, 0.5) is 5.69 Å². The van der Waals surface area contributed by atoms with Crippen LogP contribution in [0.2, 0.25) is 0 Å². The molecule has 0 atom stereocenters. The fourth-order valence-corrected chi connectivity index (χ4v) is 2.83. The number of carbonyl (C=O) groups excluding carboxylic acids is 1. The third-order valence-electron chi connectivity index (χ3n) is 4.65. The Hall–Kier alpha value is -4.37. The average Bonchev–Trinajstić information content (AvgIpc) is 2.87. The number of aryl methyl sites for hydroxylation is 2.